The minimum absolute atomic E-state index is 0.311. The smallest absolute Gasteiger partial charge is 0.339 e. The summed E-state index contributed by atoms with van der Waals surface area (Å²) in [5.74, 6) is -0.903. The molecule has 0 saturated carbocycles. The zero-order chi connectivity index (χ0) is 13.8. The maximum atomic E-state index is 13.3. The molecule has 19 heavy (non-hydrogen) atoms. The second-order valence-corrected chi connectivity index (χ2v) is 4.84. The Morgan fingerprint density at radius 3 is 2.95 bits per heavy atom. The summed E-state index contributed by atoms with van der Waals surface area (Å²) in [7, 11) is 1.29. The van der Waals surface area contributed by atoms with E-state index in [-0.39, 0.29) is 0 Å². The van der Waals surface area contributed by atoms with E-state index in [1.807, 2.05) is 6.92 Å². The molecule has 0 spiro atoms. The molecule has 100 valence electrons. The maximum Gasteiger partial charge on any atom is 0.339 e. The number of carbonyl (C=O) groups is 1. The fourth-order valence-electron chi connectivity index (χ4n) is 1.62. The van der Waals surface area contributed by atoms with Crippen LogP contribution in [0.4, 0.5) is 10.1 Å². The lowest BCUT2D eigenvalue weighted by atomic mass is 10.1. The number of nitrogens with one attached hydrogen (secondary N) is 1. The first-order chi connectivity index (χ1) is 9.11. The van der Waals surface area contributed by atoms with E-state index >= 15 is 0 Å². The van der Waals surface area contributed by atoms with Crippen LogP contribution in [0.2, 0.25) is 0 Å². The highest BCUT2D eigenvalue weighted by Gasteiger charge is 2.13. The van der Waals surface area contributed by atoms with Crippen molar-refractivity contribution in [3.05, 3.63) is 45.7 Å². The lowest BCUT2D eigenvalue weighted by Crippen LogP contribution is -2.08. The molecular weight excluding hydrogens is 267 g/mol. The van der Waals surface area contributed by atoms with Crippen molar-refractivity contribution in [2.45, 2.75) is 13.5 Å². The van der Waals surface area contributed by atoms with E-state index < -0.39 is 11.8 Å². The number of methoxy groups -OCH3 is 1. The molecule has 1 aromatic carbocycles. The van der Waals surface area contributed by atoms with Gasteiger partial charge < -0.3 is 10.1 Å². The van der Waals surface area contributed by atoms with Gasteiger partial charge in [0, 0.05) is 4.88 Å². The molecular formula is C13H13FN2O2S. The Labute approximate surface area is 114 Å². The lowest BCUT2D eigenvalue weighted by Gasteiger charge is -2.10. The quantitative estimate of drug-likeness (QED) is 0.875. The molecule has 0 saturated heterocycles. The number of benzene rings is 1. The van der Waals surface area contributed by atoms with Gasteiger partial charge in [0.05, 0.1) is 36.1 Å². The molecule has 1 N–H and O–H groups in total. The van der Waals surface area contributed by atoms with E-state index in [0.29, 0.717) is 17.8 Å². The zero-order valence-electron chi connectivity index (χ0n) is 10.6. The summed E-state index contributed by atoms with van der Waals surface area (Å²) < 4.78 is 17.9. The van der Waals surface area contributed by atoms with Crippen molar-refractivity contribution in [1.82, 2.24) is 4.98 Å². The number of aromatic nitrogens is 1. The molecule has 1 heterocycles. The largest absolute Gasteiger partial charge is 0.465 e. The van der Waals surface area contributed by atoms with Crippen LogP contribution in [0.15, 0.2) is 23.7 Å². The first-order valence-electron chi connectivity index (χ1n) is 5.62. The second kappa shape index (κ2) is 5.79. The number of hydrogen-bond acceptors (Lipinski definition) is 5. The van der Waals surface area contributed by atoms with Crippen molar-refractivity contribution in [2.24, 2.45) is 0 Å². The van der Waals surface area contributed by atoms with Crippen LogP contribution in [0.1, 0.15) is 20.9 Å². The Kier molecular flexibility index (Phi) is 4.11. The van der Waals surface area contributed by atoms with Crippen molar-refractivity contribution < 1.29 is 13.9 Å². The van der Waals surface area contributed by atoms with Crippen LogP contribution in [0, 0.1) is 12.7 Å². The van der Waals surface area contributed by atoms with Gasteiger partial charge >= 0.3 is 5.97 Å². The highest BCUT2D eigenvalue weighted by molar-refractivity contribution is 7.09. The third-order valence-electron chi connectivity index (χ3n) is 2.67. The van der Waals surface area contributed by atoms with E-state index in [1.54, 1.807) is 5.51 Å². The highest BCUT2D eigenvalue weighted by Crippen LogP contribution is 2.21. The van der Waals surface area contributed by atoms with Gasteiger partial charge in [0.2, 0.25) is 0 Å². The summed E-state index contributed by atoms with van der Waals surface area (Å²) in [5, 5.41) is 3.04. The number of ether oxygens (including phenoxy) is 1. The van der Waals surface area contributed by atoms with Crippen LogP contribution in [-0.4, -0.2) is 18.1 Å². The Balaban J connectivity index is 2.21. The summed E-state index contributed by atoms with van der Waals surface area (Å²) in [5.41, 5.74) is 3.40. The van der Waals surface area contributed by atoms with Gasteiger partial charge in [-0.1, -0.05) is 0 Å². The van der Waals surface area contributed by atoms with Gasteiger partial charge in [-0.05, 0) is 25.1 Å². The SMILES string of the molecule is COC(=O)c1ccc(F)cc1NCc1scnc1C. The third-order valence-corrected chi connectivity index (χ3v) is 3.61. The van der Waals surface area contributed by atoms with E-state index in [9.17, 15) is 9.18 Å². The van der Waals surface area contributed by atoms with Crippen LogP contribution in [0.5, 0.6) is 0 Å². The van der Waals surface area contributed by atoms with Crippen molar-refractivity contribution in [2.75, 3.05) is 12.4 Å². The number of aryl methyl sites for hydroxylation is 1. The Morgan fingerprint density at radius 1 is 1.53 bits per heavy atom. The number of esters is 1. The van der Waals surface area contributed by atoms with Gasteiger partial charge in [-0.3, -0.25) is 0 Å². The molecule has 0 radical (unpaired) electrons. The zero-order valence-corrected chi connectivity index (χ0v) is 11.4. The number of anilines is 1. The van der Waals surface area contributed by atoms with Gasteiger partial charge in [0.1, 0.15) is 5.82 Å². The van der Waals surface area contributed by atoms with Crippen molar-refractivity contribution in [3.63, 3.8) is 0 Å². The monoisotopic (exact) mass is 280 g/mol. The molecule has 0 bridgehead atoms. The Morgan fingerprint density at radius 2 is 2.32 bits per heavy atom. The van der Waals surface area contributed by atoms with Crippen LogP contribution in [0.3, 0.4) is 0 Å². The van der Waals surface area contributed by atoms with Crippen molar-refractivity contribution in [1.29, 1.82) is 0 Å². The highest BCUT2D eigenvalue weighted by atomic mass is 32.1. The van der Waals surface area contributed by atoms with Crippen molar-refractivity contribution in [3.8, 4) is 0 Å². The first-order valence-corrected chi connectivity index (χ1v) is 6.50. The summed E-state index contributed by atoms with van der Waals surface area (Å²) in [6, 6.07) is 3.92. The summed E-state index contributed by atoms with van der Waals surface area (Å²) >= 11 is 1.51. The van der Waals surface area contributed by atoms with E-state index in [4.69, 9.17) is 0 Å². The predicted octanol–water partition coefficient (Wildman–Crippen LogP) is 2.99. The molecule has 0 aliphatic carbocycles. The van der Waals surface area contributed by atoms with E-state index in [0.717, 1.165) is 10.6 Å². The van der Waals surface area contributed by atoms with Crippen molar-refractivity contribution >= 4 is 23.0 Å². The molecule has 1 aromatic heterocycles. The fourth-order valence-corrected chi connectivity index (χ4v) is 2.34. The third kappa shape index (κ3) is 3.08. The van der Waals surface area contributed by atoms with Gasteiger partial charge in [-0.15, -0.1) is 11.3 Å². The minimum atomic E-state index is -0.497. The summed E-state index contributed by atoms with van der Waals surface area (Å²) in [6.45, 7) is 2.39. The maximum absolute atomic E-state index is 13.3. The number of halogens is 1. The van der Waals surface area contributed by atoms with Crippen LogP contribution >= 0.6 is 11.3 Å². The van der Waals surface area contributed by atoms with E-state index in [1.165, 1.54) is 36.6 Å². The van der Waals surface area contributed by atoms with Gasteiger partial charge in [0.15, 0.2) is 0 Å². The van der Waals surface area contributed by atoms with Crippen LogP contribution in [0.25, 0.3) is 0 Å². The fraction of sp³-hybridized carbons (Fsp3) is 0.231. The molecule has 0 aliphatic heterocycles. The normalized spacial score (nSPS) is 10.3. The summed E-state index contributed by atoms with van der Waals surface area (Å²) in [6.07, 6.45) is 0. The first kappa shape index (κ1) is 13.5. The number of nitrogens with zero attached hydrogens (tertiary/aromatic N) is 1. The second-order valence-electron chi connectivity index (χ2n) is 3.90. The molecule has 0 fully saturated rings. The van der Waals surface area contributed by atoms with Crippen LogP contribution in [-0.2, 0) is 11.3 Å². The number of rotatable bonds is 4. The molecule has 2 aromatic rings. The lowest BCUT2D eigenvalue weighted by molar-refractivity contribution is 0.0602. The van der Waals surface area contributed by atoms with Crippen LogP contribution < -0.4 is 5.32 Å². The molecule has 4 nitrogen and oxygen atoms in total. The topological polar surface area (TPSA) is 51.2 Å². The molecule has 0 atom stereocenters. The summed E-state index contributed by atoms with van der Waals surface area (Å²) in [4.78, 5) is 16.8. The van der Waals surface area contributed by atoms with Gasteiger partial charge in [-0.25, -0.2) is 14.2 Å². The average Bonchev–Trinajstić information content (AvgIpc) is 2.81. The molecule has 0 aliphatic rings. The number of carbonyl (C=O) groups excluding carboxylic acids is 1. The molecule has 0 unspecified atom stereocenters. The minimum Gasteiger partial charge on any atom is -0.465 e. The molecule has 2 rings (SSSR count). The number of thiazole rings is 1. The van der Waals surface area contributed by atoms with Gasteiger partial charge in [-0.2, -0.15) is 0 Å². The average molecular weight is 280 g/mol. The van der Waals surface area contributed by atoms with E-state index in [2.05, 4.69) is 15.0 Å². The standard InChI is InChI=1S/C13H13FN2O2S/c1-8-12(19-7-16-8)6-15-11-5-9(14)3-4-10(11)13(17)18-2/h3-5,7,15H,6H2,1-2H3. The molecule has 6 heteroatoms. The Bertz CT molecular complexity index is 598. The predicted molar refractivity (Wildman–Crippen MR) is 71.9 cm³/mol. The number of hydrogen-bond donors (Lipinski definition) is 1. The molecule has 0 amide bonds. The van der Waals surface area contributed by atoms with Gasteiger partial charge in [0.25, 0.3) is 0 Å². The Hall–Kier alpha value is -1.95.